The maximum atomic E-state index is 14.5. The van der Waals surface area contributed by atoms with Gasteiger partial charge in [0.2, 0.25) is 5.91 Å². The van der Waals surface area contributed by atoms with Gasteiger partial charge in [0.1, 0.15) is 12.4 Å². The molecule has 5 rings (SSSR count). The third kappa shape index (κ3) is 8.70. The Morgan fingerprint density at radius 3 is 2.28 bits per heavy atom. The first-order valence-corrected chi connectivity index (χ1v) is 15.4. The van der Waals surface area contributed by atoms with Crippen molar-refractivity contribution in [2.24, 2.45) is 0 Å². The van der Waals surface area contributed by atoms with Gasteiger partial charge < -0.3 is 14.4 Å². The van der Waals surface area contributed by atoms with Crippen molar-refractivity contribution >= 4 is 17.7 Å². The number of amides is 1. The van der Waals surface area contributed by atoms with Gasteiger partial charge in [-0.15, -0.1) is 0 Å². The Labute approximate surface area is 296 Å². The summed E-state index contributed by atoms with van der Waals surface area (Å²) in [6.07, 6.45) is -3.43. The van der Waals surface area contributed by atoms with E-state index in [2.05, 4.69) is 4.98 Å². The molecule has 0 saturated carbocycles. The second-order valence-corrected chi connectivity index (χ2v) is 11.6. The lowest BCUT2D eigenvalue weighted by Gasteiger charge is -2.28. The van der Waals surface area contributed by atoms with Crippen LogP contribution in [0.5, 0.6) is 0 Å². The molecule has 1 amide bonds. The van der Waals surface area contributed by atoms with Gasteiger partial charge in [-0.25, -0.2) is 4.39 Å². The highest BCUT2D eigenvalue weighted by Crippen LogP contribution is 2.31. The van der Waals surface area contributed by atoms with E-state index in [1.807, 2.05) is 0 Å². The molecule has 3 aromatic carbocycles. The van der Waals surface area contributed by atoms with Crippen molar-refractivity contribution < 1.29 is 41.5 Å². The molecule has 1 aromatic heterocycles. The first kappa shape index (κ1) is 20.4. The van der Waals surface area contributed by atoms with Crippen molar-refractivity contribution in [1.29, 1.82) is 0 Å². The minimum Gasteiger partial charge on any atom is -0.336 e. The van der Waals surface area contributed by atoms with Crippen LogP contribution in [0.25, 0.3) is 11.1 Å². The zero-order chi connectivity index (χ0) is 45.6. The number of alkyl halides is 3. The van der Waals surface area contributed by atoms with Gasteiger partial charge in [-0.2, -0.15) is 18.2 Å². The Bertz CT molecular complexity index is 2290. The number of nitrogens with zero attached hydrogens (tertiary/aromatic N) is 4. The number of hydrogen-bond acceptors (Lipinski definition) is 5. The molecule has 47 heavy (non-hydrogen) atoms. The predicted octanol–water partition coefficient (Wildman–Crippen LogP) is 7.22. The van der Waals surface area contributed by atoms with Crippen LogP contribution in [0.1, 0.15) is 67.3 Å². The van der Waals surface area contributed by atoms with Gasteiger partial charge in [-0.05, 0) is 78.7 Å². The van der Waals surface area contributed by atoms with E-state index < -0.39 is 99.5 Å². The lowest BCUT2D eigenvalue weighted by Crippen LogP contribution is -2.40. The number of aromatic nitrogens is 2. The van der Waals surface area contributed by atoms with E-state index in [1.54, 1.807) is 12.1 Å². The van der Waals surface area contributed by atoms with Crippen LogP contribution in [0.2, 0.25) is 0 Å². The highest BCUT2D eigenvalue weighted by molar-refractivity contribution is 7.98. The highest BCUT2D eigenvalue weighted by atomic mass is 32.2. The summed E-state index contributed by atoms with van der Waals surface area (Å²) in [4.78, 5) is 32.9. The van der Waals surface area contributed by atoms with Crippen LogP contribution < -0.4 is 5.56 Å². The van der Waals surface area contributed by atoms with E-state index in [4.69, 9.17) is 19.2 Å². The molecule has 4 aromatic rings. The number of halogens is 4. The Morgan fingerprint density at radius 1 is 0.979 bits per heavy atom. The Hall–Kier alpha value is -3.96. The van der Waals surface area contributed by atoms with E-state index in [1.165, 1.54) is 28.8 Å². The van der Waals surface area contributed by atoms with Gasteiger partial charge in [0.25, 0.3) is 5.56 Å². The Balaban J connectivity index is 1.53. The summed E-state index contributed by atoms with van der Waals surface area (Å²) in [5.41, 5.74) is 0.364. The molecule has 6 nitrogen and oxygen atoms in total. The summed E-state index contributed by atoms with van der Waals surface area (Å²) in [6, 6.07) is 7.42. The van der Waals surface area contributed by atoms with Gasteiger partial charge >= 0.3 is 6.18 Å². The molecule has 0 saturated heterocycles. The zero-order valence-corrected chi connectivity index (χ0v) is 25.6. The number of carbonyl (C=O) groups excluding carboxylic acids is 1. The van der Waals surface area contributed by atoms with Crippen LogP contribution in [-0.2, 0) is 42.7 Å². The van der Waals surface area contributed by atoms with Crippen molar-refractivity contribution in [1.82, 2.24) is 19.4 Å². The largest absolute Gasteiger partial charge is 0.416 e. The average Bonchev–Trinajstić information content (AvgIpc) is 3.67. The van der Waals surface area contributed by atoms with Gasteiger partial charge in [-0.1, -0.05) is 73.9 Å². The van der Waals surface area contributed by atoms with Crippen LogP contribution in [0.3, 0.4) is 0 Å². The van der Waals surface area contributed by atoms with Crippen molar-refractivity contribution in [3.63, 3.8) is 0 Å². The summed E-state index contributed by atoms with van der Waals surface area (Å²) in [7, 11) is 0. The first-order valence-electron chi connectivity index (χ1n) is 21.4. The second kappa shape index (κ2) is 15.3. The van der Waals surface area contributed by atoms with Crippen LogP contribution in [0.15, 0.2) is 82.7 Å². The topological polar surface area (TPSA) is 58.4 Å². The fourth-order valence-corrected chi connectivity index (χ4v) is 6.05. The van der Waals surface area contributed by atoms with Gasteiger partial charge in [0.05, 0.1) is 11.0 Å². The third-order valence-electron chi connectivity index (χ3n) is 7.58. The van der Waals surface area contributed by atoms with E-state index in [-0.39, 0.29) is 27.9 Å². The lowest BCUT2D eigenvalue weighted by molar-refractivity contribution is -0.137. The molecule has 0 unspecified atom stereocenters. The molecular formula is C36H38F4N4O2S. The summed E-state index contributed by atoms with van der Waals surface area (Å²) in [6.45, 7) is -16.8. The van der Waals surface area contributed by atoms with Crippen LogP contribution >= 0.6 is 11.8 Å². The number of benzene rings is 3. The molecule has 248 valence electrons. The van der Waals surface area contributed by atoms with Crippen molar-refractivity contribution in [2.75, 3.05) is 26.1 Å². The third-order valence-corrected chi connectivity index (χ3v) is 8.58. The van der Waals surface area contributed by atoms with Crippen molar-refractivity contribution in [3.8, 4) is 11.1 Å². The van der Waals surface area contributed by atoms with E-state index in [0.29, 0.717) is 47.2 Å². The minimum absolute atomic E-state index is 0.0224. The highest BCUT2D eigenvalue weighted by Gasteiger charge is 2.30. The van der Waals surface area contributed by atoms with Crippen molar-refractivity contribution in [2.45, 2.75) is 63.1 Å². The van der Waals surface area contributed by atoms with Crippen LogP contribution in [0, 0.1) is 5.82 Å². The van der Waals surface area contributed by atoms with E-state index in [0.717, 1.165) is 28.8 Å². The molecule has 0 bridgehead atoms. The van der Waals surface area contributed by atoms with E-state index in [9.17, 15) is 27.2 Å². The average molecular weight is 681 g/mol. The van der Waals surface area contributed by atoms with Gasteiger partial charge in [0.15, 0.2) is 5.16 Å². The molecule has 0 aliphatic heterocycles. The van der Waals surface area contributed by atoms with Crippen LogP contribution in [-0.4, -0.2) is 51.3 Å². The number of hydrogen-bond donors (Lipinski definition) is 0. The normalized spacial score (nSPS) is 18.3. The second-order valence-electron chi connectivity index (χ2n) is 10.6. The summed E-state index contributed by atoms with van der Waals surface area (Å²) in [5.74, 6) is -2.47. The number of likely N-dealkylation sites (N-methyl/N-ethyl adjacent to an activating group) is 1. The van der Waals surface area contributed by atoms with E-state index >= 15 is 0 Å². The maximum Gasteiger partial charge on any atom is 0.416 e. The smallest absolute Gasteiger partial charge is 0.336 e. The molecule has 0 N–H and O–H groups in total. The minimum atomic E-state index is -4.55. The van der Waals surface area contributed by atoms with Crippen molar-refractivity contribution in [3.05, 3.63) is 117 Å². The number of fused-ring (bicyclic) bond motifs is 1. The summed E-state index contributed by atoms with van der Waals surface area (Å²) < 4.78 is 167. The molecular weight excluding hydrogens is 628 g/mol. The molecule has 0 radical (unpaired) electrons. The zero-order valence-electron chi connectivity index (χ0n) is 38.8. The standard InChI is InChI=1S/C36H38F4N4O2S/c1-3-42(4-2)20-21-43(22-25-8-12-27(13-9-25)28-14-16-29(17-15-28)36(38,39)40)33(45)23-44-32-7-5-6-31(32)34(46)41-35(44)47-24-26-10-18-30(37)19-11-26/h8-19H,3-7,20-24H2,1-2H3/i1D3,2D3,3D2,4D2,10D,11D,18D,19D. The first-order chi connectivity index (χ1) is 28.1. The van der Waals surface area contributed by atoms with Crippen LogP contribution in [0.4, 0.5) is 17.6 Å². The quantitative estimate of drug-likeness (QED) is 0.0849. The fraction of sp³-hybridized carbons (Fsp3) is 0.361. The maximum absolute atomic E-state index is 14.5. The molecule has 11 heteroatoms. The SMILES string of the molecule is [2H]c1c([2H])c(CSc2nc(=O)c3c(n2CC(=O)N(CCN(C([2H])([2H])C([2H])([2H])[2H])C([2H])([2H])C([2H])([2H])[2H])Cc2ccc(-c4ccc(C(F)(F)F)cc4)cc2)CCC3)c([2H])c([2H])c1F. The predicted molar refractivity (Wildman–Crippen MR) is 177 cm³/mol. The molecule has 1 heterocycles. The summed E-state index contributed by atoms with van der Waals surface area (Å²) >= 11 is 0.779. The monoisotopic (exact) mass is 680 g/mol. The molecule has 1 aliphatic carbocycles. The van der Waals surface area contributed by atoms with Gasteiger partial charge in [0, 0.05) is 50.4 Å². The number of thioether (sulfide) groups is 1. The Morgan fingerprint density at radius 2 is 1.64 bits per heavy atom. The molecule has 0 atom stereocenters. The fourth-order valence-electron chi connectivity index (χ4n) is 5.15. The molecule has 0 spiro atoms. The van der Waals surface area contributed by atoms with Gasteiger partial charge in [-0.3, -0.25) is 9.59 Å². The molecule has 1 aliphatic rings. The number of rotatable bonds is 13. The Kier molecular flexibility index (Phi) is 6.64. The lowest BCUT2D eigenvalue weighted by atomic mass is 10.0. The number of carbonyl (C=O) groups is 1. The summed E-state index contributed by atoms with van der Waals surface area (Å²) in [5, 5.41) is -0.0832. The molecule has 0 fully saturated rings.